The van der Waals surface area contributed by atoms with Gasteiger partial charge in [-0.15, -0.1) is 0 Å². The van der Waals surface area contributed by atoms with Gasteiger partial charge >= 0.3 is 5.97 Å². The Morgan fingerprint density at radius 1 is 0.956 bits per heavy atom. The van der Waals surface area contributed by atoms with Crippen LogP contribution in [0.2, 0.25) is 0 Å². The fourth-order valence-corrected chi connectivity index (χ4v) is 4.81. The minimum Gasteiger partial charge on any atom is -0.508 e. The van der Waals surface area contributed by atoms with Crippen molar-refractivity contribution in [1.82, 2.24) is 20.6 Å². The highest BCUT2D eigenvalue weighted by atomic mass is 16.5. The van der Waals surface area contributed by atoms with Crippen molar-refractivity contribution in [2.75, 3.05) is 25.0 Å². The number of carboxylic acids is 1. The second kappa shape index (κ2) is 15.9. The molecular weight excluding hydrogens is 574 g/mol. The van der Waals surface area contributed by atoms with E-state index in [-0.39, 0.29) is 23.3 Å². The number of anilines is 1. The molecule has 0 spiro atoms. The summed E-state index contributed by atoms with van der Waals surface area (Å²) in [5, 5.41) is 27.6. The van der Waals surface area contributed by atoms with Gasteiger partial charge in [-0.1, -0.05) is 32.9 Å². The second-order valence-corrected chi connectivity index (χ2v) is 12.4. The minimum atomic E-state index is -1.38. The van der Waals surface area contributed by atoms with Crippen LogP contribution in [0.3, 0.4) is 0 Å². The van der Waals surface area contributed by atoms with Crippen LogP contribution in [0.1, 0.15) is 83.3 Å². The zero-order chi connectivity index (χ0) is 33.1. The van der Waals surface area contributed by atoms with Crippen LogP contribution in [0.15, 0.2) is 42.5 Å². The molecule has 242 valence electrons. The van der Waals surface area contributed by atoms with Crippen LogP contribution in [0, 0.1) is 26.2 Å². The number of hydrogen-bond donors (Lipinski definition) is 5. The summed E-state index contributed by atoms with van der Waals surface area (Å²) in [6, 6.07) is 10.9. The molecule has 11 heteroatoms. The average Bonchev–Trinajstić information content (AvgIpc) is 2.94. The van der Waals surface area contributed by atoms with Gasteiger partial charge in [-0.25, -0.2) is 14.8 Å². The molecule has 1 heterocycles. The van der Waals surface area contributed by atoms with Gasteiger partial charge in [0, 0.05) is 18.7 Å². The standard InChI is InChI=1S/C34H45N5O6/c1-21-16-25(19-27(17-21)45-15-9-13-34(4,5)6)30(41)36-20-28(32(43)44)39-31(42)29-22(2)37-33(38-23(29)3)35-14-8-11-24-10-7-12-26(40)18-24/h7,10,12,16-19,28,40H,8-9,11,13-15,20H2,1-6H3,(H,36,41)(H,39,42)(H,43,44)(H,35,37,38)/t28-/m0/s1. The van der Waals surface area contributed by atoms with Crippen molar-refractivity contribution in [3.63, 3.8) is 0 Å². The predicted molar refractivity (Wildman–Crippen MR) is 173 cm³/mol. The van der Waals surface area contributed by atoms with Gasteiger partial charge in [-0.3, -0.25) is 9.59 Å². The Hall–Kier alpha value is -4.67. The summed E-state index contributed by atoms with van der Waals surface area (Å²) in [4.78, 5) is 46.8. The molecule has 3 aromatic rings. The summed E-state index contributed by atoms with van der Waals surface area (Å²) in [5.74, 6) is -1.27. The number of ether oxygens (including phenoxy) is 1. The monoisotopic (exact) mass is 619 g/mol. The van der Waals surface area contributed by atoms with Crippen LogP contribution in [-0.2, 0) is 11.2 Å². The van der Waals surface area contributed by atoms with Crippen LogP contribution in [0.25, 0.3) is 0 Å². The number of nitrogens with zero attached hydrogens (tertiary/aromatic N) is 2. The van der Waals surface area contributed by atoms with Crippen molar-refractivity contribution >= 4 is 23.7 Å². The third-order valence-corrected chi connectivity index (χ3v) is 7.06. The fourth-order valence-electron chi connectivity index (χ4n) is 4.81. The molecule has 2 aromatic carbocycles. The number of rotatable bonds is 15. The van der Waals surface area contributed by atoms with Crippen molar-refractivity contribution in [2.45, 2.75) is 73.3 Å². The molecule has 0 aliphatic heterocycles. The maximum Gasteiger partial charge on any atom is 0.328 e. The van der Waals surface area contributed by atoms with E-state index in [1.807, 2.05) is 19.1 Å². The Kier molecular flexibility index (Phi) is 12.3. The third-order valence-electron chi connectivity index (χ3n) is 7.06. The van der Waals surface area contributed by atoms with Crippen molar-refractivity contribution < 1.29 is 29.3 Å². The molecule has 1 atom stereocenters. The Balaban J connectivity index is 1.56. The van der Waals surface area contributed by atoms with E-state index in [1.165, 1.54) is 0 Å². The molecular formula is C34H45N5O6. The Bertz CT molecular complexity index is 1480. The molecule has 5 N–H and O–H groups in total. The van der Waals surface area contributed by atoms with E-state index < -0.39 is 23.8 Å². The molecule has 0 radical (unpaired) electrons. The number of nitrogens with one attached hydrogen (secondary N) is 3. The number of benzene rings is 2. The molecule has 0 saturated carbocycles. The summed E-state index contributed by atoms with van der Waals surface area (Å²) in [6.45, 7) is 12.4. The lowest BCUT2D eigenvalue weighted by molar-refractivity contribution is -0.139. The van der Waals surface area contributed by atoms with Gasteiger partial charge in [0.15, 0.2) is 0 Å². The van der Waals surface area contributed by atoms with Crippen LogP contribution in [0.4, 0.5) is 5.95 Å². The minimum absolute atomic E-state index is 0.171. The lowest BCUT2D eigenvalue weighted by Gasteiger charge is -2.18. The van der Waals surface area contributed by atoms with Gasteiger partial charge in [-0.2, -0.15) is 0 Å². The SMILES string of the molecule is Cc1cc(OCCCC(C)(C)C)cc(C(=O)NC[C@H](NC(=O)c2c(C)nc(NCCCc3cccc(O)c3)nc2C)C(=O)O)c1. The third kappa shape index (κ3) is 11.4. The van der Waals surface area contributed by atoms with Crippen molar-refractivity contribution in [3.05, 3.63) is 76.1 Å². The number of aromatic hydroxyl groups is 1. The number of hydrogen-bond acceptors (Lipinski definition) is 8. The number of phenols is 1. The lowest BCUT2D eigenvalue weighted by Crippen LogP contribution is -2.48. The molecule has 3 rings (SSSR count). The molecule has 2 amide bonds. The summed E-state index contributed by atoms with van der Waals surface area (Å²) in [6.07, 6.45) is 3.41. The Labute approximate surface area is 264 Å². The molecule has 1 aromatic heterocycles. The summed E-state index contributed by atoms with van der Waals surface area (Å²) in [7, 11) is 0. The molecule has 0 unspecified atom stereocenters. The van der Waals surface area contributed by atoms with Crippen LogP contribution in [0.5, 0.6) is 11.5 Å². The number of carboxylic acid groups (broad SMARTS) is 1. The molecule has 0 bridgehead atoms. The normalized spacial score (nSPS) is 11.9. The van der Waals surface area contributed by atoms with E-state index in [0.717, 1.165) is 36.8 Å². The van der Waals surface area contributed by atoms with Gasteiger partial charge in [0.1, 0.15) is 17.5 Å². The first-order valence-electron chi connectivity index (χ1n) is 15.2. The molecule has 0 aliphatic carbocycles. The molecule has 11 nitrogen and oxygen atoms in total. The first kappa shape index (κ1) is 34.8. The first-order valence-corrected chi connectivity index (χ1v) is 15.2. The highest BCUT2D eigenvalue weighted by molar-refractivity contribution is 5.99. The van der Waals surface area contributed by atoms with E-state index in [9.17, 15) is 24.6 Å². The Morgan fingerprint density at radius 3 is 2.31 bits per heavy atom. The predicted octanol–water partition coefficient (Wildman–Crippen LogP) is 4.97. The maximum absolute atomic E-state index is 13.1. The number of amides is 2. The van der Waals surface area contributed by atoms with E-state index in [1.54, 1.807) is 44.2 Å². The van der Waals surface area contributed by atoms with Crippen molar-refractivity contribution in [1.29, 1.82) is 0 Å². The first-order chi connectivity index (χ1) is 21.2. The number of carbonyl (C=O) groups is 3. The zero-order valence-corrected chi connectivity index (χ0v) is 27.0. The highest BCUT2D eigenvalue weighted by Crippen LogP contribution is 2.22. The highest BCUT2D eigenvalue weighted by Gasteiger charge is 2.25. The lowest BCUT2D eigenvalue weighted by atomic mass is 9.91. The zero-order valence-electron chi connectivity index (χ0n) is 27.0. The van der Waals surface area contributed by atoms with E-state index in [4.69, 9.17) is 4.74 Å². The maximum atomic E-state index is 13.1. The van der Waals surface area contributed by atoms with Gasteiger partial charge in [0.25, 0.3) is 11.8 Å². The Morgan fingerprint density at radius 2 is 1.67 bits per heavy atom. The van der Waals surface area contributed by atoms with Gasteiger partial charge in [0.2, 0.25) is 5.95 Å². The van der Waals surface area contributed by atoms with Gasteiger partial charge < -0.3 is 30.9 Å². The molecule has 45 heavy (non-hydrogen) atoms. The van der Waals surface area contributed by atoms with E-state index >= 15 is 0 Å². The summed E-state index contributed by atoms with van der Waals surface area (Å²) < 4.78 is 5.86. The van der Waals surface area contributed by atoms with Crippen molar-refractivity contribution in [3.8, 4) is 11.5 Å². The molecule has 0 aliphatic rings. The smallest absolute Gasteiger partial charge is 0.328 e. The molecule has 0 fully saturated rings. The van der Waals surface area contributed by atoms with Crippen LogP contribution >= 0.6 is 0 Å². The van der Waals surface area contributed by atoms with E-state index in [2.05, 4.69) is 46.7 Å². The number of aromatic nitrogens is 2. The average molecular weight is 620 g/mol. The quantitative estimate of drug-likeness (QED) is 0.148. The largest absolute Gasteiger partial charge is 0.508 e. The number of carbonyl (C=O) groups excluding carboxylic acids is 2. The fraction of sp³-hybridized carbons (Fsp3) is 0.441. The second-order valence-electron chi connectivity index (χ2n) is 12.4. The number of phenolic OH excluding ortho intramolecular Hbond substituents is 1. The van der Waals surface area contributed by atoms with Crippen LogP contribution in [-0.4, -0.2) is 63.7 Å². The summed E-state index contributed by atoms with van der Waals surface area (Å²) >= 11 is 0. The molecule has 0 saturated heterocycles. The van der Waals surface area contributed by atoms with Crippen molar-refractivity contribution in [2.24, 2.45) is 5.41 Å². The topological polar surface area (TPSA) is 163 Å². The van der Waals surface area contributed by atoms with E-state index in [0.29, 0.717) is 41.8 Å². The number of aliphatic carboxylic acids is 1. The van der Waals surface area contributed by atoms with Gasteiger partial charge in [-0.05, 0) is 93.3 Å². The number of aryl methyl sites for hydroxylation is 4. The summed E-state index contributed by atoms with van der Waals surface area (Å²) in [5.41, 5.74) is 3.33. The van der Waals surface area contributed by atoms with Crippen LogP contribution < -0.4 is 20.7 Å². The van der Waals surface area contributed by atoms with Gasteiger partial charge in [0.05, 0.1) is 23.6 Å².